The summed E-state index contributed by atoms with van der Waals surface area (Å²) in [4.78, 5) is 4.29. The van der Waals surface area contributed by atoms with Crippen molar-refractivity contribution in [1.82, 2.24) is 4.98 Å². The third kappa shape index (κ3) is 2.42. The van der Waals surface area contributed by atoms with Gasteiger partial charge in [-0.2, -0.15) is 0 Å². The van der Waals surface area contributed by atoms with Gasteiger partial charge < -0.3 is 5.73 Å². The predicted molar refractivity (Wildman–Crippen MR) is 63.1 cm³/mol. The number of hydrogen-bond acceptors (Lipinski definition) is 3. The van der Waals surface area contributed by atoms with Crippen molar-refractivity contribution in [3.05, 3.63) is 39.6 Å². The molecule has 0 radical (unpaired) electrons. The van der Waals surface area contributed by atoms with E-state index in [1.54, 1.807) is 0 Å². The molecule has 0 aliphatic rings. The second kappa shape index (κ2) is 4.38. The summed E-state index contributed by atoms with van der Waals surface area (Å²) in [7, 11) is 0. The van der Waals surface area contributed by atoms with Gasteiger partial charge in [-0.1, -0.05) is 15.9 Å². The summed E-state index contributed by atoms with van der Waals surface area (Å²) < 4.78 is 13.8. The molecule has 1 aromatic heterocycles. The lowest BCUT2D eigenvalue weighted by Crippen LogP contribution is -1.95. The van der Waals surface area contributed by atoms with Crippen molar-refractivity contribution >= 4 is 27.3 Å². The first kappa shape index (κ1) is 10.7. The monoisotopic (exact) mass is 286 g/mol. The molecule has 0 aliphatic carbocycles. The third-order valence-corrected chi connectivity index (χ3v) is 3.27. The minimum Gasteiger partial charge on any atom is -0.325 e. The maximum Gasteiger partial charge on any atom is 0.125 e. The van der Waals surface area contributed by atoms with Crippen LogP contribution in [0.5, 0.6) is 0 Å². The van der Waals surface area contributed by atoms with Crippen molar-refractivity contribution in [2.75, 3.05) is 0 Å². The minimum atomic E-state index is -0.274. The van der Waals surface area contributed by atoms with Crippen LogP contribution in [0.2, 0.25) is 0 Å². The number of benzene rings is 1. The Morgan fingerprint density at radius 3 is 2.80 bits per heavy atom. The summed E-state index contributed by atoms with van der Waals surface area (Å²) in [5.74, 6) is -0.274. The molecular formula is C10H8BrFN2S. The van der Waals surface area contributed by atoms with E-state index in [0.29, 0.717) is 11.0 Å². The van der Waals surface area contributed by atoms with E-state index in [2.05, 4.69) is 20.9 Å². The van der Waals surface area contributed by atoms with Crippen LogP contribution in [-0.4, -0.2) is 4.98 Å². The van der Waals surface area contributed by atoms with Crippen LogP contribution in [-0.2, 0) is 6.54 Å². The predicted octanol–water partition coefficient (Wildman–Crippen LogP) is 3.17. The smallest absolute Gasteiger partial charge is 0.125 e. The number of nitrogens with zero attached hydrogens (tertiary/aromatic N) is 1. The van der Waals surface area contributed by atoms with E-state index in [1.165, 1.54) is 23.5 Å². The molecule has 2 nitrogen and oxygen atoms in total. The molecule has 0 amide bonds. The van der Waals surface area contributed by atoms with Crippen LogP contribution in [0.3, 0.4) is 0 Å². The molecule has 0 fully saturated rings. The zero-order valence-electron chi connectivity index (χ0n) is 7.71. The van der Waals surface area contributed by atoms with Gasteiger partial charge in [0, 0.05) is 22.0 Å². The molecule has 2 N–H and O–H groups in total. The second-order valence-electron chi connectivity index (χ2n) is 3.01. The van der Waals surface area contributed by atoms with E-state index < -0.39 is 0 Å². The molecule has 78 valence electrons. The maximum absolute atomic E-state index is 13.1. The van der Waals surface area contributed by atoms with Crippen LogP contribution in [0.15, 0.2) is 28.1 Å². The Labute approximate surface area is 99.1 Å². The van der Waals surface area contributed by atoms with Gasteiger partial charge >= 0.3 is 0 Å². The van der Waals surface area contributed by atoms with Crippen molar-refractivity contribution in [2.24, 2.45) is 5.73 Å². The Kier molecular flexibility index (Phi) is 3.14. The van der Waals surface area contributed by atoms with Gasteiger partial charge in [-0.3, -0.25) is 0 Å². The molecule has 2 rings (SSSR count). The molecular weight excluding hydrogens is 279 g/mol. The highest BCUT2D eigenvalue weighted by Crippen LogP contribution is 2.27. The van der Waals surface area contributed by atoms with Crippen LogP contribution < -0.4 is 5.73 Å². The van der Waals surface area contributed by atoms with Crippen molar-refractivity contribution < 1.29 is 4.39 Å². The highest BCUT2D eigenvalue weighted by molar-refractivity contribution is 9.10. The summed E-state index contributed by atoms with van der Waals surface area (Å²) in [5, 5.41) is 2.67. The second-order valence-corrected chi connectivity index (χ2v) is 4.78. The Hall–Kier alpha value is -0.780. The number of thiazole rings is 1. The zero-order valence-corrected chi connectivity index (χ0v) is 10.1. The molecule has 0 unspecified atom stereocenters. The molecule has 0 atom stereocenters. The molecule has 5 heteroatoms. The van der Waals surface area contributed by atoms with Gasteiger partial charge in [0.15, 0.2) is 0 Å². The lowest BCUT2D eigenvalue weighted by Gasteiger charge is -1.98. The SMILES string of the molecule is NCc1csc(-c2cc(F)cc(Br)c2)n1. The fourth-order valence-electron chi connectivity index (χ4n) is 1.21. The summed E-state index contributed by atoms with van der Waals surface area (Å²) in [6, 6.07) is 4.72. The van der Waals surface area contributed by atoms with E-state index in [4.69, 9.17) is 5.73 Å². The summed E-state index contributed by atoms with van der Waals surface area (Å²) in [6.07, 6.45) is 0. The van der Waals surface area contributed by atoms with Gasteiger partial charge in [0.2, 0.25) is 0 Å². The van der Waals surface area contributed by atoms with E-state index >= 15 is 0 Å². The normalized spacial score (nSPS) is 10.6. The standard InChI is InChI=1S/C10H8BrFN2S/c11-7-1-6(2-8(12)3-7)10-14-9(4-13)5-15-10/h1-3,5H,4,13H2. The average Bonchev–Trinajstić information content (AvgIpc) is 2.64. The molecule has 2 aromatic rings. The van der Waals surface area contributed by atoms with Gasteiger partial charge in [0.05, 0.1) is 5.69 Å². The Morgan fingerprint density at radius 2 is 2.20 bits per heavy atom. The highest BCUT2D eigenvalue weighted by atomic mass is 79.9. The van der Waals surface area contributed by atoms with Crippen LogP contribution in [0.25, 0.3) is 10.6 Å². The van der Waals surface area contributed by atoms with Crippen LogP contribution in [0.4, 0.5) is 4.39 Å². The van der Waals surface area contributed by atoms with Crippen LogP contribution >= 0.6 is 27.3 Å². The minimum absolute atomic E-state index is 0.274. The number of rotatable bonds is 2. The van der Waals surface area contributed by atoms with Crippen molar-refractivity contribution in [1.29, 1.82) is 0 Å². The van der Waals surface area contributed by atoms with Gasteiger partial charge in [0.25, 0.3) is 0 Å². The van der Waals surface area contributed by atoms with E-state index in [-0.39, 0.29) is 5.82 Å². The van der Waals surface area contributed by atoms with Gasteiger partial charge in [0.1, 0.15) is 10.8 Å². The van der Waals surface area contributed by atoms with Crippen LogP contribution in [0.1, 0.15) is 5.69 Å². The third-order valence-electron chi connectivity index (χ3n) is 1.87. The molecule has 0 saturated carbocycles. The Balaban J connectivity index is 2.44. The largest absolute Gasteiger partial charge is 0.325 e. The fraction of sp³-hybridized carbons (Fsp3) is 0.100. The van der Waals surface area contributed by atoms with Gasteiger partial charge in [-0.25, -0.2) is 9.37 Å². The molecule has 15 heavy (non-hydrogen) atoms. The fourth-order valence-corrected chi connectivity index (χ4v) is 2.50. The van der Waals surface area contributed by atoms with Crippen LogP contribution in [0, 0.1) is 5.82 Å². The number of halogens is 2. The molecule has 1 aromatic carbocycles. The topological polar surface area (TPSA) is 38.9 Å². The van der Waals surface area contributed by atoms with Crippen molar-refractivity contribution in [3.63, 3.8) is 0 Å². The summed E-state index contributed by atoms with van der Waals surface area (Å²) in [6.45, 7) is 0.410. The average molecular weight is 287 g/mol. The summed E-state index contributed by atoms with van der Waals surface area (Å²) >= 11 is 4.71. The van der Waals surface area contributed by atoms with E-state index in [0.717, 1.165) is 16.3 Å². The Bertz CT molecular complexity index is 464. The van der Waals surface area contributed by atoms with Gasteiger partial charge in [-0.15, -0.1) is 11.3 Å². The molecule has 0 aliphatic heterocycles. The number of aromatic nitrogens is 1. The first-order valence-corrected chi connectivity index (χ1v) is 5.97. The molecule has 0 saturated heterocycles. The molecule has 1 heterocycles. The summed E-state index contributed by atoms with van der Waals surface area (Å²) in [5.41, 5.74) is 7.06. The number of nitrogens with two attached hydrogens (primary N) is 1. The lowest BCUT2D eigenvalue weighted by atomic mass is 10.2. The quantitative estimate of drug-likeness (QED) is 0.921. The van der Waals surface area contributed by atoms with E-state index in [1.807, 2.05) is 11.4 Å². The van der Waals surface area contributed by atoms with Crippen molar-refractivity contribution in [2.45, 2.75) is 6.54 Å². The van der Waals surface area contributed by atoms with E-state index in [9.17, 15) is 4.39 Å². The lowest BCUT2D eigenvalue weighted by molar-refractivity contribution is 0.627. The maximum atomic E-state index is 13.1. The number of hydrogen-bond donors (Lipinski definition) is 1. The van der Waals surface area contributed by atoms with Gasteiger partial charge in [-0.05, 0) is 18.2 Å². The van der Waals surface area contributed by atoms with Crippen molar-refractivity contribution in [3.8, 4) is 10.6 Å². The molecule has 0 spiro atoms. The zero-order chi connectivity index (χ0) is 10.8. The highest BCUT2D eigenvalue weighted by Gasteiger charge is 2.06. The first-order valence-electron chi connectivity index (χ1n) is 4.30. The first-order chi connectivity index (χ1) is 7.19. The Morgan fingerprint density at radius 1 is 1.40 bits per heavy atom. The molecule has 0 bridgehead atoms.